The van der Waals surface area contributed by atoms with Crippen LogP contribution < -0.4 is 10.4 Å². The van der Waals surface area contributed by atoms with Gasteiger partial charge in [-0.1, -0.05) is 55.8 Å². The predicted octanol–water partition coefficient (Wildman–Crippen LogP) is 4.56. The zero-order valence-electron chi connectivity index (χ0n) is 21.7. The van der Waals surface area contributed by atoms with Crippen molar-refractivity contribution >= 4 is 5.97 Å². The van der Waals surface area contributed by atoms with Gasteiger partial charge in [-0.05, 0) is 62.8 Å². The molecule has 0 radical (unpaired) electrons. The molecular formula is C28H37N3O4. The Morgan fingerprint density at radius 2 is 1.63 bits per heavy atom. The molecule has 0 bridgehead atoms. The second kappa shape index (κ2) is 11.4. The summed E-state index contributed by atoms with van der Waals surface area (Å²) in [5.74, 6) is 1.38. The molecule has 0 aliphatic rings. The van der Waals surface area contributed by atoms with Crippen LogP contribution in [0.2, 0.25) is 0 Å². The van der Waals surface area contributed by atoms with E-state index < -0.39 is 11.6 Å². The van der Waals surface area contributed by atoms with Crippen molar-refractivity contribution in [2.75, 3.05) is 7.11 Å². The Bertz CT molecular complexity index is 1170. The number of aromatic nitrogens is 3. The molecule has 0 spiro atoms. The molecule has 35 heavy (non-hydrogen) atoms. The van der Waals surface area contributed by atoms with E-state index in [-0.39, 0.29) is 5.69 Å². The fraction of sp³-hybridized carbons (Fsp3) is 0.464. The van der Waals surface area contributed by atoms with Gasteiger partial charge in [0.1, 0.15) is 11.6 Å². The Labute approximate surface area is 207 Å². The molecular weight excluding hydrogens is 442 g/mol. The molecule has 1 heterocycles. The maximum atomic E-state index is 13.1. The molecule has 1 aromatic heterocycles. The Morgan fingerprint density at radius 1 is 1.00 bits per heavy atom. The number of rotatable bonds is 11. The molecule has 0 saturated carbocycles. The Morgan fingerprint density at radius 3 is 2.23 bits per heavy atom. The summed E-state index contributed by atoms with van der Waals surface area (Å²) in [7, 11) is 1.35. The van der Waals surface area contributed by atoms with E-state index in [4.69, 9.17) is 14.6 Å². The predicted molar refractivity (Wildman–Crippen MR) is 137 cm³/mol. The highest BCUT2D eigenvalue weighted by Gasteiger charge is 2.31. The van der Waals surface area contributed by atoms with Crippen LogP contribution in [0.5, 0.6) is 5.75 Å². The second-order valence-corrected chi connectivity index (χ2v) is 9.95. The highest BCUT2D eigenvalue weighted by atomic mass is 16.6. The van der Waals surface area contributed by atoms with Crippen LogP contribution >= 0.6 is 0 Å². The van der Waals surface area contributed by atoms with E-state index in [0.29, 0.717) is 24.8 Å². The number of hydrogen-bond acceptors (Lipinski definition) is 5. The molecule has 0 N–H and O–H groups in total. The number of aryl methyl sites for hydroxylation is 3. The van der Waals surface area contributed by atoms with Gasteiger partial charge in [0.2, 0.25) is 0 Å². The van der Waals surface area contributed by atoms with Crippen LogP contribution in [0, 0.1) is 12.8 Å². The molecule has 7 heteroatoms. The third-order valence-corrected chi connectivity index (χ3v) is 5.84. The lowest BCUT2D eigenvalue weighted by molar-refractivity contribution is -0.156. The van der Waals surface area contributed by atoms with Gasteiger partial charge in [-0.25, -0.2) is 14.3 Å². The van der Waals surface area contributed by atoms with Crippen LogP contribution in [-0.4, -0.2) is 33.0 Å². The average molecular weight is 480 g/mol. The Kier molecular flexibility index (Phi) is 8.54. The van der Waals surface area contributed by atoms with Crippen molar-refractivity contribution in [3.8, 4) is 5.75 Å². The van der Waals surface area contributed by atoms with E-state index in [0.717, 1.165) is 36.2 Å². The fourth-order valence-corrected chi connectivity index (χ4v) is 3.95. The van der Waals surface area contributed by atoms with Gasteiger partial charge in [-0.2, -0.15) is 5.10 Å². The molecule has 0 fully saturated rings. The quantitative estimate of drug-likeness (QED) is 0.377. The average Bonchev–Trinajstić information content (AvgIpc) is 3.09. The van der Waals surface area contributed by atoms with Gasteiger partial charge in [0.25, 0.3) is 0 Å². The Hall–Kier alpha value is -3.35. The van der Waals surface area contributed by atoms with E-state index in [9.17, 15) is 9.59 Å². The number of benzene rings is 2. The number of nitrogens with zero attached hydrogens (tertiary/aromatic N) is 3. The topological polar surface area (TPSA) is 75.3 Å². The van der Waals surface area contributed by atoms with Gasteiger partial charge in [0.15, 0.2) is 5.60 Å². The van der Waals surface area contributed by atoms with Crippen molar-refractivity contribution in [2.45, 2.75) is 72.6 Å². The number of hydrogen-bond donors (Lipinski definition) is 0. The Balaban J connectivity index is 1.66. The van der Waals surface area contributed by atoms with Crippen molar-refractivity contribution < 1.29 is 14.3 Å². The minimum atomic E-state index is -1.05. The lowest BCUT2D eigenvalue weighted by Gasteiger charge is -2.23. The summed E-state index contributed by atoms with van der Waals surface area (Å²) in [5.41, 5.74) is 2.32. The third-order valence-electron chi connectivity index (χ3n) is 5.84. The fourth-order valence-electron chi connectivity index (χ4n) is 3.95. The van der Waals surface area contributed by atoms with Gasteiger partial charge in [0, 0.05) is 13.0 Å². The molecule has 3 rings (SSSR count). The number of ether oxygens (including phenoxy) is 2. The summed E-state index contributed by atoms with van der Waals surface area (Å²) in [4.78, 5) is 24.9. The molecule has 0 atom stereocenters. The van der Waals surface area contributed by atoms with Crippen LogP contribution in [0.3, 0.4) is 0 Å². The minimum Gasteiger partial charge on any atom is -0.476 e. The molecule has 0 unspecified atom stereocenters. The van der Waals surface area contributed by atoms with Crippen LogP contribution in [0.4, 0.5) is 0 Å². The summed E-state index contributed by atoms with van der Waals surface area (Å²) < 4.78 is 14.0. The van der Waals surface area contributed by atoms with Gasteiger partial charge < -0.3 is 9.47 Å². The van der Waals surface area contributed by atoms with Crippen LogP contribution in [0.25, 0.3) is 0 Å². The molecule has 0 saturated heterocycles. The summed E-state index contributed by atoms with van der Waals surface area (Å²) in [6, 6.07) is 15.9. The van der Waals surface area contributed by atoms with Crippen LogP contribution in [0.15, 0.2) is 53.3 Å². The lowest BCUT2D eigenvalue weighted by atomic mass is 10.1. The smallest absolute Gasteiger partial charge is 0.349 e. The molecule has 0 aliphatic heterocycles. The number of carbonyl (C=O) groups excluding carboxylic acids is 1. The largest absolute Gasteiger partial charge is 0.476 e. The molecule has 2 aromatic carbocycles. The van der Waals surface area contributed by atoms with Gasteiger partial charge in [-0.3, -0.25) is 4.57 Å². The first-order valence-electron chi connectivity index (χ1n) is 12.2. The van der Waals surface area contributed by atoms with Crippen LogP contribution in [0.1, 0.15) is 56.6 Å². The third kappa shape index (κ3) is 7.07. The maximum absolute atomic E-state index is 13.1. The molecule has 188 valence electrons. The van der Waals surface area contributed by atoms with Crippen LogP contribution in [-0.2, 0) is 35.5 Å². The monoisotopic (exact) mass is 479 g/mol. The summed E-state index contributed by atoms with van der Waals surface area (Å²) in [6.45, 7) is 10.8. The standard InChI is InChI=1S/C28H37N3O4/c1-20(2)18-30-25(29-31(27(30)33)19-23-12-10-21(3)11-13-23)9-7-8-22-14-16-24(17-15-22)35-28(4,5)26(32)34-6/h10-17,20H,7-9,18-19H2,1-6H3. The summed E-state index contributed by atoms with van der Waals surface area (Å²) in [5, 5.41) is 4.69. The first-order chi connectivity index (χ1) is 16.6. The van der Waals surface area contributed by atoms with E-state index in [2.05, 4.69) is 32.9 Å². The van der Waals surface area contributed by atoms with E-state index in [1.807, 2.05) is 41.0 Å². The maximum Gasteiger partial charge on any atom is 0.349 e. The number of carbonyl (C=O) groups is 1. The molecule has 0 aliphatic carbocycles. The van der Waals surface area contributed by atoms with Gasteiger partial charge in [-0.15, -0.1) is 0 Å². The number of methoxy groups -OCH3 is 1. The summed E-state index contributed by atoms with van der Waals surface area (Å²) >= 11 is 0. The lowest BCUT2D eigenvalue weighted by Crippen LogP contribution is -2.39. The number of esters is 1. The van der Waals surface area contributed by atoms with Gasteiger partial charge in [0.05, 0.1) is 13.7 Å². The van der Waals surface area contributed by atoms with E-state index in [1.54, 1.807) is 18.5 Å². The zero-order chi connectivity index (χ0) is 25.6. The van der Waals surface area contributed by atoms with E-state index >= 15 is 0 Å². The second-order valence-electron chi connectivity index (χ2n) is 9.95. The highest BCUT2D eigenvalue weighted by molar-refractivity contribution is 5.78. The molecule has 3 aromatic rings. The zero-order valence-corrected chi connectivity index (χ0v) is 21.7. The van der Waals surface area contributed by atoms with Gasteiger partial charge >= 0.3 is 11.7 Å². The highest BCUT2D eigenvalue weighted by Crippen LogP contribution is 2.21. The molecule has 0 amide bonds. The van der Waals surface area contributed by atoms with Crippen molar-refractivity contribution in [3.63, 3.8) is 0 Å². The van der Waals surface area contributed by atoms with Crippen molar-refractivity contribution in [2.24, 2.45) is 5.92 Å². The first kappa shape index (κ1) is 26.3. The minimum absolute atomic E-state index is 0.0519. The SMILES string of the molecule is COC(=O)C(C)(C)Oc1ccc(CCCc2nn(Cc3ccc(C)cc3)c(=O)n2CC(C)C)cc1. The molecule has 7 nitrogen and oxygen atoms in total. The van der Waals surface area contributed by atoms with E-state index in [1.165, 1.54) is 12.7 Å². The first-order valence-corrected chi connectivity index (χ1v) is 12.2. The van der Waals surface area contributed by atoms with Crippen molar-refractivity contribution in [3.05, 3.63) is 81.5 Å². The van der Waals surface area contributed by atoms with Crippen molar-refractivity contribution in [1.82, 2.24) is 14.3 Å². The normalized spacial score (nSPS) is 11.6. The van der Waals surface area contributed by atoms with Crippen molar-refractivity contribution in [1.29, 1.82) is 0 Å². The summed E-state index contributed by atoms with van der Waals surface area (Å²) in [6.07, 6.45) is 2.44.